The van der Waals surface area contributed by atoms with Crippen LogP contribution in [0.15, 0.2) is 43.0 Å². The summed E-state index contributed by atoms with van der Waals surface area (Å²) in [7, 11) is 0. The van der Waals surface area contributed by atoms with Crippen molar-refractivity contribution in [2.45, 2.75) is 12.1 Å². The predicted octanol–water partition coefficient (Wildman–Crippen LogP) is 1.73. The highest BCUT2D eigenvalue weighted by atomic mass is 16.6. The Hall–Kier alpha value is -1.81. The Balaban J connectivity index is 2.20. The number of nitrogens with zero attached hydrogens (tertiary/aromatic N) is 1. The fraction of sp³-hybridized carbons (Fsp3) is 0.308. The van der Waals surface area contributed by atoms with Crippen LogP contribution in [-0.4, -0.2) is 35.4 Å². The number of hydrogen-bond acceptors (Lipinski definition) is 3. The second-order valence-electron chi connectivity index (χ2n) is 3.92. The number of hydrogen-bond donors (Lipinski definition) is 1. The molecule has 0 spiro atoms. The monoisotopic (exact) mass is 233 g/mol. The van der Waals surface area contributed by atoms with Crippen LogP contribution >= 0.6 is 0 Å². The summed E-state index contributed by atoms with van der Waals surface area (Å²) in [5.41, 5.74) is 0.900. The lowest BCUT2D eigenvalue weighted by Gasteiger charge is -2.24. The molecule has 1 N–H and O–H groups in total. The number of carbonyl (C=O) groups is 1. The van der Waals surface area contributed by atoms with Crippen molar-refractivity contribution in [2.24, 2.45) is 0 Å². The molecule has 2 atom stereocenters. The zero-order valence-electron chi connectivity index (χ0n) is 9.45. The lowest BCUT2D eigenvalue weighted by molar-refractivity contribution is 0.122. The maximum atomic E-state index is 11.7. The minimum atomic E-state index is -0.405. The van der Waals surface area contributed by atoms with E-state index in [-0.39, 0.29) is 18.8 Å². The topological polar surface area (TPSA) is 49.8 Å². The van der Waals surface area contributed by atoms with E-state index < -0.39 is 6.09 Å². The van der Waals surface area contributed by atoms with Gasteiger partial charge >= 0.3 is 6.09 Å². The van der Waals surface area contributed by atoms with Crippen LogP contribution in [0.3, 0.4) is 0 Å². The van der Waals surface area contributed by atoms with Gasteiger partial charge in [-0.1, -0.05) is 36.9 Å². The van der Waals surface area contributed by atoms with Crippen LogP contribution in [0.2, 0.25) is 0 Å². The highest BCUT2D eigenvalue weighted by Crippen LogP contribution is 2.25. The molecule has 0 aromatic heterocycles. The molecular formula is C13H15NO3. The highest BCUT2D eigenvalue weighted by molar-refractivity contribution is 5.71. The zero-order chi connectivity index (χ0) is 12.3. The molecule has 2 rings (SSSR count). The van der Waals surface area contributed by atoms with Gasteiger partial charge < -0.3 is 9.84 Å². The number of carbonyl (C=O) groups excluding carboxylic acids is 1. The van der Waals surface area contributed by atoms with E-state index in [1.807, 2.05) is 30.3 Å². The number of amides is 1. The molecule has 1 saturated heterocycles. The summed E-state index contributed by atoms with van der Waals surface area (Å²) in [6.07, 6.45) is 0.898. The minimum Gasteiger partial charge on any atom is -0.440 e. The third kappa shape index (κ3) is 2.31. The molecule has 17 heavy (non-hydrogen) atoms. The summed E-state index contributed by atoms with van der Waals surface area (Å²) in [6, 6.07) is 9.07. The van der Waals surface area contributed by atoms with Crippen molar-refractivity contribution in [3.8, 4) is 0 Å². The van der Waals surface area contributed by atoms with Crippen LogP contribution in [0.1, 0.15) is 11.6 Å². The third-order valence-electron chi connectivity index (χ3n) is 2.86. The Morgan fingerprint density at radius 2 is 2.24 bits per heavy atom. The fourth-order valence-corrected chi connectivity index (χ4v) is 1.94. The van der Waals surface area contributed by atoms with Gasteiger partial charge in [0.1, 0.15) is 6.10 Å². The van der Waals surface area contributed by atoms with Crippen LogP contribution in [0.4, 0.5) is 4.79 Å². The summed E-state index contributed by atoms with van der Waals surface area (Å²) >= 11 is 0. The predicted molar refractivity (Wildman–Crippen MR) is 63.4 cm³/mol. The van der Waals surface area contributed by atoms with Gasteiger partial charge in [0, 0.05) is 0 Å². The second-order valence-corrected chi connectivity index (χ2v) is 3.92. The van der Waals surface area contributed by atoms with Gasteiger partial charge in [-0.3, -0.25) is 4.90 Å². The van der Waals surface area contributed by atoms with Gasteiger partial charge in [-0.15, -0.1) is 0 Å². The van der Waals surface area contributed by atoms with E-state index in [0.29, 0.717) is 6.54 Å². The van der Waals surface area contributed by atoms with Crippen LogP contribution in [0.25, 0.3) is 0 Å². The molecule has 1 aliphatic heterocycles. The number of ether oxygens (including phenoxy) is 1. The molecule has 1 amide bonds. The van der Waals surface area contributed by atoms with Crippen molar-refractivity contribution < 1.29 is 14.6 Å². The normalized spacial score (nSPS) is 21.1. The summed E-state index contributed by atoms with van der Waals surface area (Å²) in [5, 5.41) is 9.44. The molecule has 1 heterocycles. The largest absolute Gasteiger partial charge is 0.440 e. The van der Waals surface area contributed by atoms with E-state index in [9.17, 15) is 9.90 Å². The zero-order valence-corrected chi connectivity index (χ0v) is 9.45. The first-order valence-electron chi connectivity index (χ1n) is 5.52. The average Bonchev–Trinajstić information content (AvgIpc) is 2.73. The SMILES string of the molecule is C=CC1CN([C@@H](CO)c2ccccc2)C(=O)O1. The molecule has 0 bridgehead atoms. The van der Waals surface area contributed by atoms with Gasteiger partial charge in [-0.05, 0) is 11.6 Å². The number of rotatable bonds is 4. The molecular weight excluding hydrogens is 218 g/mol. The Labute approximate surface area is 100 Å². The van der Waals surface area contributed by atoms with Gasteiger partial charge in [0.15, 0.2) is 0 Å². The van der Waals surface area contributed by atoms with Crippen molar-refractivity contribution in [3.63, 3.8) is 0 Å². The lowest BCUT2D eigenvalue weighted by Crippen LogP contribution is -2.32. The molecule has 1 aliphatic rings. The van der Waals surface area contributed by atoms with Crippen molar-refractivity contribution in [1.29, 1.82) is 0 Å². The van der Waals surface area contributed by atoms with Crippen molar-refractivity contribution in [3.05, 3.63) is 48.6 Å². The Kier molecular flexibility index (Phi) is 3.44. The molecule has 1 aromatic rings. The van der Waals surface area contributed by atoms with Crippen molar-refractivity contribution in [2.75, 3.05) is 13.2 Å². The van der Waals surface area contributed by atoms with Crippen LogP contribution in [0.5, 0.6) is 0 Å². The van der Waals surface area contributed by atoms with Gasteiger partial charge in [0.2, 0.25) is 0 Å². The fourth-order valence-electron chi connectivity index (χ4n) is 1.94. The number of benzene rings is 1. The lowest BCUT2D eigenvalue weighted by atomic mass is 10.1. The van der Waals surface area contributed by atoms with E-state index in [1.54, 1.807) is 6.08 Å². The summed E-state index contributed by atoms with van der Waals surface area (Å²) in [5.74, 6) is 0. The first-order valence-corrected chi connectivity index (χ1v) is 5.52. The Morgan fingerprint density at radius 1 is 1.53 bits per heavy atom. The smallest absolute Gasteiger partial charge is 0.411 e. The first kappa shape index (κ1) is 11.7. The first-order chi connectivity index (χ1) is 8.26. The van der Waals surface area contributed by atoms with Gasteiger partial charge in [0.05, 0.1) is 19.2 Å². The Morgan fingerprint density at radius 3 is 2.76 bits per heavy atom. The maximum absolute atomic E-state index is 11.7. The highest BCUT2D eigenvalue weighted by Gasteiger charge is 2.34. The van der Waals surface area contributed by atoms with Crippen molar-refractivity contribution >= 4 is 6.09 Å². The Bertz CT molecular complexity index is 404. The van der Waals surface area contributed by atoms with Gasteiger partial charge in [0.25, 0.3) is 0 Å². The van der Waals surface area contributed by atoms with Crippen LogP contribution < -0.4 is 0 Å². The van der Waals surface area contributed by atoms with E-state index >= 15 is 0 Å². The molecule has 4 nitrogen and oxygen atoms in total. The summed E-state index contributed by atoms with van der Waals surface area (Å²) in [4.78, 5) is 13.2. The number of aliphatic hydroxyl groups is 1. The van der Waals surface area contributed by atoms with E-state index in [2.05, 4.69) is 6.58 Å². The summed E-state index contributed by atoms with van der Waals surface area (Å²) in [6.45, 7) is 3.91. The molecule has 1 aromatic carbocycles. The molecule has 0 saturated carbocycles. The molecule has 4 heteroatoms. The van der Waals surface area contributed by atoms with Gasteiger partial charge in [-0.2, -0.15) is 0 Å². The van der Waals surface area contributed by atoms with E-state index in [4.69, 9.17) is 4.74 Å². The number of aliphatic hydroxyl groups excluding tert-OH is 1. The molecule has 0 radical (unpaired) electrons. The molecule has 0 aliphatic carbocycles. The molecule has 1 fully saturated rings. The van der Waals surface area contributed by atoms with Crippen molar-refractivity contribution in [1.82, 2.24) is 4.90 Å². The maximum Gasteiger partial charge on any atom is 0.411 e. The average molecular weight is 233 g/mol. The molecule has 90 valence electrons. The van der Waals surface area contributed by atoms with E-state index in [0.717, 1.165) is 5.56 Å². The molecule has 1 unspecified atom stereocenters. The van der Waals surface area contributed by atoms with Crippen LogP contribution in [0, 0.1) is 0 Å². The number of cyclic esters (lactones) is 1. The van der Waals surface area contributed by atoms with Crippen LogP contribution in [-0.2, 0) is 4.74 Å². The summed E-state index contributed by atoms with van der Waals surface area (Å²) < 4.78 is 5.09. The minimum absolute atomic E-state index is 0.122. The second kappa shape index (κ2) is 5.01. The third-order valence-corrected chi connectivity index (χ3v) is 2.86. The standard InChI is InChI=1S/C13H15NO3/c1-2-11-8-14(13(16)17-11)12(9-15)10-6-4-3-5-7-10/h2-7,11-12,15H,1,8-9H2/t11?,12-/m0/s1. The van der Waals surface area contributed by atoms with Gasteiger partial charge in [-0.25, -0.2) is 4.79 Å². The van der Waals surface area contributed by atoms with E-state index in [1.165, 1.54) is 4.90 Å². The quantitative estimate of drug-likeness (QED) is 0.806.